The minimum Gasteiger partial charge on any atom is -0.480 e. The van der Waals surface area contributed by atoms with Gasteiger partial charge in [0.25, 0.3) is 0 Å². The molecule has 2 N–H and O–H groups in total. The van der Waals surface area contributed by atoms with E-state index in [2.05, 4.69) is 5.32 Å². The average Bonchev–Trinajstić information content (AvgIpc) is 2.60. The van der Waals surface area contributed by atoms with Crippen LogP contribution < -0.4 is 5.32 Å². The van der Waals surface area contributed by atoms with E-state index in [1.807, 2.05) is 6.92 Å². The smallest absolute Gasteiger partial charge is 0.326 e. The van der Waals surface area contributed by atoms with Crippen molar-refractivity contribution in [1.29, 1.82) is 0 Å². The van der Waals surface area contributed by atoms with Gasteiger partial charge in [-0.05, 0) is 19.8 Å². The Morgan fingerprint density at radius 2 is 2.17 bits per heavy atom. The minimum atomic E-state index is -0.924. The van der Waals surface area contributed by atoms with E-state index in [-0.39, 0.29) is 12.1 Å². The fourth-order valence-corrected chi connectivity index (χ4v) is 2.02. The number of urea groups is 1. The molecule has 0 aromatic heterocycles. The number of methoxy groups -OCH3 is 1. The first-order valence-corrected chi connectivity index (χ1v) is 6.36. The Bertz CT molecular complexity index is 296. The molecule has 1 saturated heterocycles. The van der Waals surface area contributed by atoms with Crippen molar-refractivity contribution in [2.45, 2.75) is 44.8 Å². The number of ether oxygens (including phenoxy) is 1. The molecule has 0 aromatic rings. The Morgan fingerprint density at radius 3 is 2.78 bits per heavy atom. The zero-order valence-electron chi connectivity index (χ0n) is 11.0. The number of rotatable bonds is 4. The van der Waals surface area contributed by atoms with E-state index in [4.69, 9.17) is 9.84 Å². The van der Waals surface area contributed by atoms with Gasteiger partial charge in [-0.25, -0.2) is 9.59 Å². The van der Waals surface area contributed by atoms with Crippen LogP contribution in [-0.4, -0.2) is 54.4 Å². The summed E-state index contributed by atoms with van der Waals surface area (Å²) in [5, 5.41) is 11.9. The van der Waals surface area contributed by atoms with Gasteiger partial charge >= 0.3 is 12.0 Å². The lowest BCUT2D eigenvalue weighted by molar-refractivity contribution is -0.142. The first-order valence-electron chi connectivity index (χ1n) is 6.36. The summed E-state index contributed by atoms with van der Waals surface area (Å²) >= 11 is 0. The van der Waals surface area contributed by atoms with Gasteiger partial charge in [-0.2, -0.15) is 0 Å². The maximum Gasteiger partial charge on any atom is 0.326 e. The molecule has 2 unspecified atom stereocenters. The molecule has 1 rings (SSSR count). The highest BCUT2D eigenvalue weighted by Crippen LogP contribution is 2.17. The Kier molecular flexibility index (Phi) is 5.91. The average molecular weight is 258 g/mol. The van der Waals surface area contributed by atoms with E-state index < -0.39 is 12.0 Å². The molecule has 2 amide bonds. The van der Waals surface area contributed by atoms with Crippen LogP contribution in [0.1, 0.15) is 32.6 Å². The number of nitrogens with one attached hydrogen (secondary N) is 1. The number of nitrogens with zero attached hydrogens (tertiary/aromatic N) is 1. The van der Waals surface area contributed by atoms with Crippen molar-refractivity contribution < 1.29 is 19.4 Å². The maximum absolute atomic E-state index is 12.0. The van der Waals surface area contributed by atoms with Crippen molar-refractivity contribution >= 4 is 12.0 Å². The monoisotopic (exact) mass is 258 g/mol. The van der Waals surface area contributed by atoms with Crippen LogP contribution in [0, 0.1) is 0 Å². The lowest BCUT2D eigenvalue weighted by atomic mass is 10.1. The van der Waals surface area contributed by atoms with Crippen molar-refractivity contribution in [1.82, 2.24) is 10.2 Å². The summed E-state index contributed by atoms with van der Waals surface area (Å²) in [7, 11) is 1.57. The standard InChI is InChI=1S/C12H22N2O4/c1-9(18-2)8-13-12(17)14-7-5-3-4-6-10(14)11(15)16/h9-10H,3-8H2,1-2H3,(H,13,17)(H,15,16). The first-order chi connectivity index (χ1) is 8.56. The molecule has 6 heteroatoms. The molecule has 18 heavy (non-hydrogen) atoms. The molecule has 0 bridgehead atoms. The summed E-state index contributed by atoms with van der Waals surface area (Å²) in [5.74, 6) is -0.924. The van der Waals surface area contributed by atoms with Crippen molar-refractivity contribution in [2.75, 3.05) is 20.2 Å². The van der Waals surface area contributed by atoms with Gasteiger partial charge in [0.2, 0.25) is 0 Å². The molecular formula is C12H22N2O4. The third-order valence-corrected chi connectivity index (χ3v) is 3.24. The molecule has 1 aliphatic rings. The van der Waals surface area contributed by atoms with E-state index in [0.29, 0.717) is 19.5 Å². The quantitative estimate of drug-likeness (QED) is 0.790. The topological polar surface area (TPSA) is 78.9 Å². The molecule has 1 aliphatic heterocycles. The first kappa shape index (κ1) is 14.8. The van der Waals surface area contributed by atoms with Gasteiger partial charge in [-0.3, -0.25) is 0 Å². The predicted molar refractivity (Wildman–Crippen MR) is 66.5 cm³/mol. The summed E-state index contributed by atoms with van der Waals surface area (Å²) in [6, 6.07) is -1.02. The fraction of sp³-hybridized carbons (Fsp3) is 0.833. The molecule has 0 aliphatic carbocycles. The van der Waals surface area contributed by atoms with E-state index in [9.17, 15) is 9.59 Å². The second-order valence-electron chi connectivity index (χ2n) is 4.63. The molecule has 1 heterocycles. The zero-order chi connectivity index (χ0) is 13.5. The van der Waals surface area contributed by atoms with Crippen LogP contribution in [0.4, 0.5) is 4.79 Å². The number of aliphatic carboxylic acids is 1. The van der Waals surface area contributed by atoms with E-state index in [1.165, 1.54) is 4.90 Å². The molecule has 0 radical (unpaired) electrons. The lowest BCUT2D eigenvalue weighted by Crippen LogP contribution is -2.50. The molecule has 6 nitrogen and oxygen atoms in total. The van der Waals surface area contributed by atoms with E-state index >= 15 is 0 Å². The van der Waals surface area contributed by atoms with Crippen molar-refractivity contribution in [3.63, 3.8) is 0 Å². The molecular weight excluding hydrogens is 236 g/mol. The van der Waals surface area contributed by atoms with Gasteiger partial charge in [0, 0.05) is 20.2 Å². The third kappa shape index (κ3) is 4.18. The number of hydrogen-bond donors (Lipinski definition) is 2. The van der Waals surface area contributed by atoms with Gasteiger partial charge in [0.05, 0.1) is 6.10 Å². The molecule has 2 atom stereocenters. The number of amides is 2. The Morgan fingerprint density at radius 1 is 1.44 bits per heavy atom. The van der Waals surface area contributed by atoms with Gasteiger partial charge in [0.15, 0.2) is 0 Å². The van der Waals surface area contributed by atoms with Gasteiger partial charge < -0.3 is 20.1 Å². The minimum absolute atomic E-state index is 0.0794. The van der Waals surface area contributed by atoms with Crippen LogP contribution in [0.3, 0.4) is 0 Å². The largest absolute Gasteiger partial charge is 0.480 e. The Labute approximate surface area is 107 Å². The summed E-state index contributed by atoms with van der Waals surface area (Å²) in [5.41, 5.74) is 0. The van der Waals surface area contributed by atoms with Crippen LogP contribution in [0.2, 0.25) is 0 Å². The summed E-state index contributed by atoms with van der Waals surface area (Å²) in [6.07, 6.45) is 3.14. The molecule has 0 aromatic carbocycles. The van der Waals surface area contributed by atoms with Crippen molar-refractivity contribution in [3.05, 3.63) is 0 Å². The molecule has 104 valence electrons. The number of hydrogen-bond acceptors (Lipinski definition) is 3. The van der Waals surface area contributed by atoms with Crippen LogP contribution in [0.15, 0.2) is 0 Å². The summed E-state index contributed by atoms with van der Waals surface area (Å²) < 4.78 is 5.04. The number of carbonyl (C=O) groups is 2. The molecule has 0 spiro atoms. The van der Waals surface area contributed by atoms with Crippen LogP contribution in [0.5, 0.6) is 0 Å². The van der Waals surface area contributed by atoms with Crippen molar-refractivity contribution in [2.24, 2.45) is 0 Å². The number of carboxylic acid groups (broad SMARTS) is 1. The number of likely N-dealkylation sites (tertiary alicyclic amines) is 1. The zero-order valence-corrected chi connectivity index (χ0v) is 11.0. The highest BCUT2D eigenvalue weighted by Gasteiger charge is 2.30. The van der Waals surface area contributed by atoms with Gasteiger partial charge in [-0.15, -0.1) is 0 Å². The van der Waals surface area contributed by atoms with Gasteiger partial charge in [-0.1, -0.05) is 12.8 Å². The number of carbonyl (C=O) groups excluding carboxylic acids is 1. The summed E-state index contributed by atoms with van der Waals surface area (Å²) in [4.78, 5) is 24.6. The van der Waals surface area contributed by atoms with Crippen molar-refractivity contribution in [3.8, 4) is 0 Å². The number of carboxylic acids is 1. The fourth-order valence-electron chi connectivity index (χ4n) is 2.02. The molecule has 1 fully saturated rings. The second kappa shape index (κ2) is 7.20. The Hall–Kier alpha value is -1.30. The van der Waals surface area contributed by atoms with E-state index in [0.717, 1.165) is 19.3 Å². The van der Waals surface area contributed by atoms with Gasteiger partial charge in [0.1, 0.15) is 6.04 Å². The SMILES string of the molecule is COC(C)CNC(=O)N1CCCCCC1C(=O)O. The predicted octanol–water partition coefficient (Wildman–Crippen LogP) is 1.06. The lowest BCUT2D eigenvalue weighted by Gasteiger charge is -2.27. The maximum atomic E-state index is 12.0. The van der Waals surface area contributed by atoms with Crippen LogP contribution in [0.25, 0.3) is 0 Å². The normalized spacial score (nSPS) is 22.1. The van der Waals surface area contributed by atoms with Crippen LogP contribution in [-0.2, 0) is 9.53 Å². The highest BCUT2D eigenvalue weighted by molar-refractivity contribution is 5.82. The third-order valence-electron chi connectivity index (χ3n) is 3.24. The second-order valence-corrected chi connectivity index (χ2v) is 4.63. The Balaban J connectivity index is 2.58. The van der Waals surface area contributed by atoms with E-state index in [1.54, 1.807) is 7.11 Å². The summed E-state index contributed by atoms with van der Waals surface area (Å²) in [6.45, 7) is 2.74. The van der Waals surface area contributed by atoms with Crippen LogP contribution >= 0.6 is 0 Å². The highest BCUT2D eigenvalue weighted by atomic mass is 16.5. The molecule has 0 saturated carbocycles.